The van der Waals surface area contributed by atoms with Crippen molar-refractivity contribution in [3.8, 4) is 5.75 Å². The van der Waals surface area contributed by atoms with Crippen molar-refractivity contribution in [2.75, 3.05) is 25.0 Å². The van der Waals surface area contributed by atoms with E-state index >= 15 is 0 Å². The van der Waals surface area contributed by atoms with E-state index in [9.17, 15) is 4.79 Å². The van der Waals surface area contributed by atoms with Crippen LogP contribution in [-0.2, 0) is 4.79 Å². The normalized spacial score (nSPS) is 9.76. The summed E-state index contributed by atoms with van der Waals surface area (Å²) in [5, 5.41) is 5.94. The molecule has 94 valence electrons. The predicted octanol–water partition coefficient (Wildman–Crippen LogP) is 2.02. The Labute approximate surface area is 102 Å². The number of carbonyl (C=O) groups excluding carboxylic acids is 1. The molecule has 0 saturated carbocycles. The van der Waals surface area contributed by atoms with Gasteiger partial charge in [-0.05, 0) is 30.7 Å². The molecule has 0 aliphatic carbocycles. The molecule has 0 saturated heterocycles. The molecule has 0 aliphatic rings. The Balaban J connectivity index is 2.27. The molecule has 0 heterocycles. The van der Waals surface area contributed by atoms with Crippen LogP contribution < -0.4 is 15.4 Å². The van der Waals surface area contributed by atoms with E-state index in [-0.39, 0.29) is 5.91 Å². The Kier molecular flexibility index (Phi) is 5.93. The van der Waals surface area contributed by atoms with Crippen LogP contribution in [0.3, 0.4) is 0 Å². The molecule has 4 nitrogen and oxygen atoms in total. The Hall–Kier alpha value is -1.71. The summed E-state index contributed by atoms with van der Waals surface area (Å²) in [6.45, 7) is 5.69. The molecule has 2 N–H and O–H groups in total. The maximum atomic E-state index is 10.6. The smallest absolute Gasteiger partial charge is 0.216 e. The molecule has 0 radical (unpaired) electrons. The number of rotatable bonds is 7. The first-order chi connectivity index (χ1) is 8.22. The van der Waals surface area contributed by atoms with Gasteiger partial charge in [0.2, 0.25) is 5.91 Å². The van der Waals surface area contributed by atoms with Gasteiger partial charge < -0.3 is 15.4 Å². The SMILES string of the molecule is CCCOc1ccc(NCCNC(C)=O)cc1. The first kappa shape index (κ1) is 13.4. The van der Waals surface area contributed by atoms with Gasteiger partial charge in [-0.25, -0.2) is 0 Å². The maximum absolute atomic E-state index is 10.6. The zero-order valence-corrected chi connectivity index (χ0v) is 10.5. The predicted molar refractivity (Wildman–Crippen MR) is 69.4 cm³/mol. The van der Waals surface area contributed by atoms with Gasteiger partial charge in [0.15, 0.2) is 0 Å². The van der Waals surface area contributed by atoms with Crippen molar-refractivity contribution >= 4 is 11.6 Å². The van der Waals surface area contributed by atoms with E-state index in [4.69, 9.17) is 4.74 Å². The van der Waals surface area contributed by atoms with Crippen LogP contribution in [0.15, 0.2) is 24.3 Å². The molecule has 1 rings (SSSR count). The fourth-order valence-electron chi connectivity index (χ4n) is 1.33. The van der Waals surface area contributed by atoms with Crippen LogP contribution in [0.5, 0.6) is 5.75 Å². The molecule has 0 unspecified atom stereocenters. The number of amides is 1. The molecule has 0 spiro atoms. The summed E-state index contributed by atoms with van der Waals surface area (Å²) in [4.78, 5) is 10.6. The molecular weight excluding hydrogens is 216 g/mol. The van der Waals surface area contributed by atoms with Crippen molar-refractivity contribution in [2.24, 2.45) is 0 Å². The number of anilines is 1. The van der Waals surface area contributed by atoms with E-state index in [0.29, 0.717) is 6.54 Å². The van der Waals surface area contributed by atoms with E-state index in [1.54, 1.807) is 0 Å². The highest BCUT2D eigenvalue weighted by Crippen LogP contribution is 2.15. The molecule has 1 amide bonds. The second-order valence-corrected chi connectivity index (χ2v) is 3.78. The highest BCUT2D eigenvalue weighted by Gasteiger charge is 1.95. The Morgan fingerprint density at radius 3 is 2.53 bits per heavy atom. The van der Waals surface area contributed by atoms with Crippen LogP contribution >= 0.6 is 0 Å². The number of hydrogen-bond acceptors (Lipinski definition) is 3. The molecule has 1 aromatic carbocycles. The van der Waals surface area contributed by atoms with Gasteiger partial charge in [0.1, 0.15) is 5.75 Å². The largest absolute Gasteiger partial charge is 0.494 e. The average molecular weight is 236 g/mol. The van der Waals surface area contributed by atoms with Gasteiger partial charge in [-0.15, -0.1) is 0 Å². The summed E-state index contributed by atoms with van der Waals surface area (Å²) in [6.07, 6.45) is 1.01. The fourth-order valence-corrected chi connectivity index (χ4v) is 1.33. The van der Waals surface area contributed by atoms with Crippen LogP contribution in [0.2, 0.25) is 0 Å². The quantitative estimate of drug-likeness (QED) is 0.712. The first-order valence-corrected chi connectivity index (χ1v) is 5.93. The summed E-state index contributed by atoms with van der Waals surface area (Å²) in [5.74, 6) is 0.884. The lowest BCUT2D eigenvalue weighted by molar-refractivity contribution is -0.118. The highest BCUT2D eigenvalue weighted by atomic mass is 16.5. The van der Waals surface area contributed by atoms with Crippen LogP contribution in [0.1, 0.15) is 20.3 Å². The fraction of sp³-hybridized carbons (Fsp3) is 0.462. The van der Waals surface area contributed by atoms with E-state index in [0.717, 1.165) is 31.0 Å². The monoisotopic (exact) mass is 236 g/mol. The molecule has 4 heteroatoms. The summed E-state index contributed by atoms with van der Waals surface area (Å²) in [5.41, 5.74) is 1.03. The van der Waals surface area contributed by atoms with Crippen LogP contribution in [0, 0.1) is 0 Å². The van der Waals surface area contributed by atoms with Gasteiger partial charge >= 0.3 is 0 Å². The minimum atomic E-state index is -0.00452. The van der Waals surface area contributed by atoms with Crippen molar-refractivity contribution in [1.82, 2.24) is 5.32 Å². The van der Waals surface area contributed by atoms with Crippen LogP contribution in [0.25, 0.3) is 0 Å². The van der Waals surface area contributed by atoms with Gasteiger partial charge in [0, 0.05) is 25.7 Å². The second kappa shape index (κ2) is 7.54. The Bertz CT molecular complexity index is 336. The van der Waals surface area contributed by atoms with Crippen molar-refractivity contribution in [1.29, 1.82) is 0 Å². The van der Waals surface area contributed by atoms with E-state index in [2.05, 4.69) is 17.6 Å². The van der Waals surface area contributed by atoms with Crippen molar-refractivity contribution in [3.63, 3.8) is 0 Å². The van der Waals surface area contributed by atoms with Crippen LogP contribution in [0.4, 0.5) is 5.69 Å². The Morgan fingerprint density at radius 2 is 1.94 bits per heavy atom. The van der Waals surface area contributed by atoms with Crippen molar-refractivity contribution < 1.29 is 9.53 Å². The van der Waals surface area contributed by atoms with E-state index < -0.39 is 0 Å². The third-order valence-corrected chi connectivity index (χ3v) is 2.16. The van der Waals surface area contributed by atoms with E-state index in [1.807, 2.05) is 24.3 Å². The lowest BCUT2D eigenvalue weighted by Gasteiger charge is -2.08. The van der Waals surface area contributed by atoms with Crippen LogP contribution in [-0.4, -0.2) is 25.6 Å². The maximum Gasteiger partial charge on any atom is 0.216 e. The topological polar surface area (TPSA) is 50.4 Å². The Morgan fingerprint density at radius 1 is 1.24 bits per heavy atom. The zero-order chi connectivity index (χ0) is 12.5. The number of carbonyl (C=O) groups is 1. The van der Waals surface area contributed by atoms with Crippen molar-refractivity contribution in [3.05, 3.63) is 24.3 Å². The standard InChI is InChI=1S/C13H20N2O2/c1-3-10-17-13-6-4-12(5-7-13)15-9-8-14-11(2)16/h4-7,15H,3,8-10H2,1-2H3,(H,14,16). The van der Waals surface area contributed by atoms with E-state index in [1.165, 1.54) is 6.92 Å². The van der Waals surface area contributed by atoms with Gasteiger partial charge in [-0.3, -0.25) is 4.79 Å². The molecule has 0 atom stereocenters. The van der Waals surface area contributed by atoms with Gasteiger partial charge in [0.25, 0.3) is 0 Å². The summed E-state index contributed by atoms with van der Waals surface area (Å²) < 4.78 is 5.48. The van der Waals surface area contributed by atoms with Crippen molar-refractivity contribution in [2.45, 2.75) is 20.3 Å². The zero-order valence-electron chi connectivity index (χ0n) is 10.5. The average Bonchev–Trinajstić information content (AvgIpc) is 2.33. The molecule has 17 heavy (non-hydrogen) atoms. The summed E-state index contributed by atoms with van der Waals surface area (Å²) in [6, 6.07) is 7.82. The molecule has 0 fully saturated rings. The minimum absolute atomic E-state index is 0.00452. The molecule has 0 aromatic heterocycles. The highest BCUT2D eigenvalue weighted by molar-refractivity contribution is 5.72. The second-order valence-electron chi connectivity index (χ2n) is 3.78. The lowest BCUT2D eigenvalue weighted by atomic mass is 10.3. The third kappa shape index (κ3) is 5.80. The third-order valence-electron chi connectivity index (χ3n) is 2.16. The van der Waals surface area contributed by atoms with Gasteiger partial charge in [0.05, 0.1) is 6.61 Å². The van der Waals surface area contributed by atoms with Gasteiger partial charge in [-0.2, -0.15) is 0 Å². The molecule has 0 bridgehead atoms. The molecule has 1 aromatic rings. The summed E-state index contributed by atoms with van der Waals surface area (Å²) in [7, 11) is 0. The molecular formula is C13H20N2O2. The van der Waals surface area contributed by atoms with Gasteiger partial charge in [-0.1, -0.05) is 6.92 Å². The molecule has 0 aliphatic heterocycles. The lowest BCUT2D eigenvalue weighted by Crippen LogP contribution is -2.26. The first-order valence-electron chi connectivity index (χ1n) is 5.93. The summed E-state index contributed by atoms with van der Waals surface area (Å²) >= 11 is 0. The number of hydrogen-bond donors (Lipinski definition) is 2. The number of ether oxygens (including phenoxy) is 1. The number of nitrogens with one attached hydrogen (secondary N) is 2. The number of benzene rings is 1. The minimum Gasteiger partial charge on any atom is -0.494 e.